The molecule has 0 saturated heterocycles. The summed E-state index contributed by atoms with van der Waals surface area (Å²) in [5, 5.41) is 0. The van der Waals surface area contributed by atoms with Crippen LogP contribution in [0.15, 0.2) is 46.9 Å². The van der Waals surface area contributed by atoms with Crippen molar-refractivity contribution in [2.45, 2.75) is 6.61 Å². The van der Waals surface area contributed by atoms with E-state index in [1.165, 1.54) is 32.4 Å². The van der Waals surface area contributed by atoms with E-state index in [-0.39, 0.29) is 17.3 Å². The Morgan fingerprint density at radius 1 is 1.12 bits per heavy atom. The van der Waals surface area contributed by atoms with Crippen molar-refractivity contribution in [3.8, 4) is 17.2 Å². The second-order valence-corrected chi connectivity index (χ2v) is 5.66. The molecule has 2 aromatic rings. The molecule has 7 heteroatoms. The Labute approximate surface area is 152 Å². The molecule has 0 saturated carbocycles. The number of halogens is 3. The number of carbonyl (C=O) groups is 1. The number of ether oxygens (including phenoxy) is 3. The van der Waals surface area contributed by atoms with E-state index in [1.807, 2.05) is 0 Å². The van der Waals surface area contributed by atoms with Crippen LogP contribution in [-0.2, 0) is 0 Å². The minimum absolute atomic E-state index is 0.125. The van der Waals surface area contributed by atoms with Gasteiger partial charge in [-0.15, -0.1) is 0 Å². The maximum absolute atomic E-state index is 12.6. The lowest BCUT2D eigenvalue weighted by atomic mass is 10.1. The molecule has 4 nitrogen and oxygen atoms in total. The van der Waals surface area contributed by atoms with Crippen LogP contribution in [0.5, 0.6) is 17.2 Å². The maximum Gasteiger partial charge on any atom is 0.387 e. The van der Waals surface area contributed by atoms with Crippen molar-refractivity contribution in [1.29, 1.82) is 0 Å². The summed E-state index contributed by atoms with van der Waals surface area (Å²) in [5.41, 5.74) is 0.726. The predicted molar refractivity (Wildman–Crippen MR) is 93.7 cm³/mol. The number of ketones is 1. The average molecular weight is 413 g/mol. The van der Waals surface area contributed by atoms with Crippen molar-refractivity contribution >= 4 is 27.8 Å². The van der Waals surface area contributed by atoms with E-state index in [1.54, 1.807) is 30.3 Å². The van der Waals surface area contributed by atoms with Crippen LogP contribution < -0.4 is 14.2 Å². The Balaban J connectivity index is 2.29. The number of benzene rings is 2. The minimum atomic E-state index is -3.00. The van der Waals surface area contributed by atoms with Crippen molar-refractivity contribution in [1.82, 2.24) is 0 Å². The van der Waals surface area contributed by atoms with Crippen LogP contribution in [-0.4, -0.2) is 26.6 Å². The molecule has 0 spiro atoms. The molecule has 0 aliphatic heterocycles. The van der Waals surface area contributed by atoms with Crippen LogP contribution in [0.2, 0.25) is 0 Å². The molecule has 0 atom stereocenters. The number of alkyl halides is 2. The van der Waals surface area contributed by atoms with Gasteiger partial charge in [0.25, 0.3) is 0 Å². The van der Waals surface area contributed by atoms with Gasteiger partial charge in [0.05, 0.1) is 18.7 Å². The molecule has 0 aromatic heterocycles. The van der Waals surface area contributed by atoms with Gasteiger partial charge in [-0.2, -0.15) is 8.78 Å². The summed E-state index contributed by atoms with van der Waals surface area (Å²) in [6.07, 6.45) is 2.68. The zero-order valence-corrected chi connectivity index (χ0v) is 15.0. The van der Waals surface area contributed by atoms with Crippen LogP contribution >= 0.6 is 15.9 Å². The van der Waals surface area contributed by atoms with Crippen molar-refractivity contribution in [3.05, 3.63) is 58.1 Å². The number of rotatable bonds is 7. The standard InChI is InChI=1S/C18H15BrF2O4/c1-23-15-9-7-12(10-13(15)19)14(22)8-6-11-4-3-5-16(24-2)17(11)25-18(20)21/h3-10,18H,1-2H3/b8-6+. The molecular weight excluding hydrogens is 398 g/mol. The van der Waals surface area contributed by atoms with Gasteiger partial charge in [-0.1, -0.05) is 12.1 Å². The first kappa shape index (κ1) is 18.9. The quantitative estimate of drug-likeness (QED) is 0.475. The third-order valence-electron chi connectivity index (χ3n) is 3.29. The molecule has 0 amide bonds. The second-order valence-electron chi connectivity index (χ2n) is 4.80. The van der Waals surface area contributed by atoms with Crippen LogP contribution in [0.25, 0.3) is 6.08 Å². The van der Waals surface area contributed by atoms with Gasteiger partial charge in [-0.25, -0.2) is 0 Å². The molecule has 0 aliphatic carbocycles. The normalized spacial score (nSPS) is 11.0. The molecule has 0 N–H and O–H groups in total. The van der Waals surface area contributed by atoms with E-state index in [2.05, 4.69) is 20.7 Å². The van der Waals surface area contributed by atoms with E-state index < -0.39 is 6.61 Å². The van der Waals surface area contributed by atoms with E-state index >= 15 is 0 Å². The third kappa shape index (κ3) is 4.79. The van der Waals surface area contributed by atoms with E-state index in [9.17, 15) is 13.6 Å². The Morgan fingerprint density at radius 3 is 2.44 bits per heavy atom. The zero-order valence-electron chi connectivity index (χ0n) is 13.5. The Morgan fingerprint density at radius 2 is 1.84 bits per heavy atom. The molecule has 0 fully saturated rings. The molecule has 2 aromatic carbocycles. The SMILES string of the molecule is COc1ccc(C(=O)/C=C/c2cccc(OC)c2OC(F)F)cc1Br. The molecular formula is C18H15BrF2O4. The maximum atomic E-state index is 12.6. The number of hydrogen-bond acceptors (Lipinski definition) is 4. The van der Waals surface area contributed by atoms with Gasteiger partial charge in [0.1, 0.15) is 5.75 Å². The summed E-state index contributed by atoms with van der Waals surface area (Å²) in [5.74, 6) is 0.331. The van der Waals surface area contributed by atoms with Crippen LogP contribution in [0.4, 0.5) is 8.78 Å². The van der Waals surface area contributed by atoms with Gasteiger partial charge in [0, 0.05) is 11.1 Å². The largest absolute Gasteiger partial charge is 0.496 e. The van der Waals surface area contributed by atoms with Gasteiger partial charge < -0.3 is 14.2 Å². The first-order valence-electron chi connectivity index (χ1n) is 7.14. The lowest BCUT2D eigenvalue weighted by Gasteiger charge is -2.12. The van der Waals surface area contributed by atoms with Gasteiger partial charge >= 0.3 is 6.61 Å². The molecule has 25 heavy (non-hydrogen) atoms. The molecule has 0 heterocycles. The smallest absolute Gasteiger partial charge is 0.387 e. The minimum Gasteiger partial charge on any atom is -0.496 e. The number of methoxy groups -OCH3 is 2. The first-order chi connectivity index (χ1) is 12.0. The molecule has 0 aliphatic rings. The average Bonchev–Trinajstić information content (AvgIpc) is 2.59. The molecule has 0 radical (unpaired) electrons. The summed E-state index contributed by atoms with van der Waals surface area (Å²) in [6.45, 7) is -3.00. The van der Waals surface area contributed by atoms with E-state index in [0.717, 1.165) is 0 Å². The highest BCUT2D eigenvalue weighted by Gasteiger charge is 2.14. The number of carbonyl (C=O) groups excluding carboxylic acids is 1. The Hall–Kier alpha value is -2.41. The molecule has 2 rings (SSSR count). The Kier molecular flexibility index (Phi) is 6.52. The van der Waals surface area contributed by atoms with Crippen molar-refractivity contribution in [2.75, 3.05) is 14.2 Å². The van der Waals surface area contributed by atoms with Gasteiger partial charge in [0.15, 0.2) is 17.3 Å². The van der Waals surface area contributed by atoms with E-state index in [4.69, 9.17) is 9.47 Å². The fourth-order valence-corrected chi connectivity index (χ4v) is 2.66. The number of allylic oxidation sites excluding steroid dienone is 1. The molecule has 0 unspecified atom stereocenters. The lowest BCUT2D eigenvalue weighted by molar-refractivity contribution is -0.0513. The van der Waals surface area contributed by atoms with Gasteiger partial charge in [0.2, 0.25) is 0 Å². The van der Waals surface area contributed by atoms with Gasteiger partial charge in [-0.05, 0) is 52.3 Å². The lowest BCUT2D eigenvalue weighted by Crippen LogP contribution is -2.05. The zero-order chi connectivity index (χ0) is 18.4. The topological polar surface area (TPSA) is 44.8 Å². The molecule has 0 bridgehead atoms. The molecule has 132 valence electrons. The highest BCUT2D eigenvalue weighted by atomic mass is 79.9. The Bertz CT molecular complexity index is 791. The predicted octanol–water partition coefficient (Wildman–Crippen LogP) is 4.96. The van der Waals surface area contributed by atoms with Crippen LogP contribution in [0.1, 0.15) is 15.9 Å². The number of hydrogen-bond donors (Lipinski definition) is 0. The first-order valence-corrected chi connectivity index (χ1v) is 7.93. The number of para-hydroxylation sites is 1. The summed E-state index contributed by atoms with van der Waals surface area (Å²) in [4.78, 5) is 12.3. The summed E-state index contributed by atoms with van der Waals surface area (Å²) in [6, 6.07) is 9.55. The highest BCUT2D eigenvalue weighted by Crippen LogP contribution is 2.33. The summed E-state index contributed by atoms with van der Waals surface area (Å²) >= 11 is 3.31. The van der Waals surface area contributed by atoms with Crippen LogP contribution in [0.3, 0.4) is 0 Å². The summed E-state index contributed by atoms with van der Waals surface area (Å²) < 4.78 is 40.5. The van der Waals surface area contributed by atoms with E-state index in [0.29, 0.717) is 21.3 Å². The van der Waals surface area contributed by atoms with Crippen LogP contribution in [0, 0.1) is 0 Å². The van der Waals surface area contributed by atoms with Crippen molar-refractivity contribution < 1.29 is 27.8 Å². The monoisotopic (exact) mass is 412 g/mol. The summed E-state index contributed by atoms with van der Waals surface area (Å²) in [7, 11) is 2.87. The third-order valence-corrected chi connectivity index (χ3v) is 3.91. The van der Waals surface area contributed by atoms with Crippen molar-refractivity contribution in [2.24, 2.45) is 0 Å². The fraction of sp³-hybridized carbons (Fsp3) is 0.167. The van der Waals surface area contributed by atoms with Crippen molar-refractivity contribution in [3.63, 3.8) is 0 Å². The van der Waals surface area contributed by atoms with Gasteiger partial charge in [-0.3, -0.25) is 4.79 Å². The highest BCUT2D eigenvalue weighted by molar-refractivity contribution is 9.10. The second kappa shape index (κ2) is 8.62. The fourth-order valence-electron chi connectivity index (χ4n) is 2.12.